The van der Waals surface area contributed by atoms with Gasteiger partial charge in [0.2, 0.25) is 5.91 Å². The molecule has 2 fully saturated rings. The van der Waals surface area contributed by atoms with Gasteiger partial charge in [0, 0.05) is 18.5 Å². The molecular weight excluding hydrogens is 200 g/mol. The van der Waals surface area contributed by atoms with E-state index >= 15 is 0 Å². The molecule has 2 aliphatic rings. The number of carbonyl (C=O) groups excluding carboxylic acids is 1. The lowest BCUT2D eigenvalue weighted by atomic mass is 9.99. The number of carbonyl (C=O) groups is 1. The molecule has 0 bridgehead atoms. The molecule has 0 aromatic carbocycles. The summed E-state index contributed by atoms with van der Waals surface area (Å²) in [5, 5.41) is 3.28. The van der Waals surface area contributed by atoms with E-state index in [9.17, 15) is 4.79 Å². The summed E-state index contributed by atoms with van der Waals surface area (Å²) in [6, 6.07) is 0.179. The Kier molecular flexibility index (Phi) is 3.44. The number of hydrogen-bond donors (Lipinski definition) is 1. The molecule has 2 heterocycles. The zero-order valence-corrected chi connectivity index (χ0v) is 9.69. The van der Waals surface area contributed by atoms with Crippen LogP contribution in [0.2, 0.25) is 0 Å². The molecule has 1 N–H and O–H groups in total. The zero-order valence-electron chi connectivity index (χ0n) is 9.69. The topological polar surface area (TPSA) is 32.3 Å². The summed E-state index contributed by atoms with van der Waals surface area (Å²) in [7, 11) is 0. The molecule has 2 rings (SSSR count). The second kappa shape index (κ2) is 4.83. The van der Waals surface area contributed by atoms with Gasteiger partial charge in [0.25, 0.3) is 0 Å². The molecule has 2 aliphatic heterocycles. The van der Waals surface area contributed by atoms with Crippen molar-refractivity contribution < 1.29 is 4.79 Å². The molecule has 1 amide bonds. The van der Waals surface area contributed by atoms with Crippen LogP contribution in [0.4, 0.5) is 0 Å². The average Bonchev–Trinajstić information content (AvgIpc) is 2.96. The van der Waals surface area contributed by atoms with E-state index in [1.165, 1.54) is 0 Å². The molecule has 0 saturated carbocycles. The highest BCUT2D eigenvalue weighted by Gasteiger charge is 2.36. The van der Waals surface area contributed by atoms with Crippen LogP contribution in [-0.2, 0) is 4.79 Å². The predicted molar refractivity (Wildman–Crippen MR) is 65.0 cm³/mol. The van der Waals surface area contributed by atoms with Crippen molar-refractivity contribution >= 4 is 5.91 Å². The van der Waals surface area contributed by atoms with Gasteiger partial charge in [0.1, 0.15) is 0 Å². The molecule has 2 unspecified atom stereocenters. The summed E-state index contributed by atoms with van der Waals surface area (Å²) < 4.78 is 0. The zero-order chi connectivity index (χ0) is 11.5. The number of hydrogen-bond acceptors (Lipinski definition) is 2. The Morgan fingerprint density at radius 2 is 2.12 bits per heavy atom. The van der Waals surface area contributed by atoms with Crippen molar-refractivity contribution in [3.05, 3.63) is 25.3 Å². The maximum Gasteiger partial charge on any atom is 0.240 e. The number of rotatable bonds is 3. The van der Waals surface area contributed by atoms with E-state index < -0.39 is 0 Å². The van der Waals surface area contributed by atoms with Gasteiger partial charge < -0.3 is 10.2 Å². The van der Waals surface area contributed by atoms with E-state index in [0.29, 0.717) is 5.92 Å². The van der Waals surface area contributed by atoms with E-state index in [4.69, 9.17) is 0 Å². The molecule has 88 valence electrons. The first kappa shape index (κ1) is 11.4. The lowest BCUT2D eigenvalue weighted by Gasteiger charge is -2.27. The van der Waals surface area contributed by atoms with Gasteiger partial charge in [0.15, 0.2) is 0 Å². The number of nitrogens with zero attached hydrogens (tertiary/aromatic N) is 1. The molecule has 0 aliphatic carbocycles. The normalized spacial score (nSPS) is 34.0. The Labute approximate surface area is 97.2 Å². The van der Waals surface area contributed by atoms with Gasteiger partial charge in [-0.15, -0.1) is 13.2 Å². The Hall–Kier alpha value is -1.09. The minimum absolute atomic E-state index is 0.0574. The van der Waals surface area contributed by atoms with Crippen molar-refractivity contribution in [2.45, 2.75) is 31.3 Å². The number of likely N-dealkylation sites (tertiary alicyclic amines) is 1. The SMILES string of the molecule is C=CC1CCN[C@@H]1C(=O)N1CCCC1C=C. The maximum absolute atomic E-state index is 12.4. The third kappa shape index (κ3) is 1.92. The van der Waals surface area contributed by atoms with Crippen LogP contribution in [0.15, 0.2) is 25.3 Å². The summed E-state index contributed by atoms with van der Waals surface area (Å²) in [5.41, 5.74) is 0. The van der Waals surface area contributed by atoms with E-state index in [1.54, 1.807) is 0 Å². The van der Waals surface area contributed by atoms with Gasteiger partial charge in [-0.1, -0.05) is 12.2 Å². The molecule has 16 heavy (non-hydrogen) atoms. The number of amides is 1. The summed E-state index contributed by atoms with van der Waals surface area (Å²) in [6.45, 7) is 9.41. The molecule has 0 aromatic heterocycles. The van der Waals surface area contributed by atoms with Crippen LogP contribution in [0.3, 0.4) is 0 Å². The van der Waals surface area contributed by atoms with Crippen LogP contribution < -0.4 is 5.32 Å². The Morgan fingerprint density at radius 1 is 1.31 bits per heavy atom. The van der Waals surface area contributed by atoms with Gasteiger partial charge in [-0.3, -0.25) is 4.79 Å². The Morgan fingerprint density at radius 3 is 2.81 bits per heavy atom. The summed E-state index contributed by atoms with van der Waals surface area (Å²) in [4.78, 5) is 14.3. The molecule has 3 nitrogen and oxygen atoms in total. The maximum atomic E-state index is 12.4. The monoisotopic (exact) mass is 220 g/mol. The quantitative estimate of drug-likeness (QED) is 0.728. The van der Waals surface area contributed by atoms with Crippen molar-refractivity contribution in [1.29, 1.82) is 0 Å². The number of nitrogens with one attached hydrogen (secondary N) is 1. The average molecular weight is 220 g/mol. The molecule has 0 spiro atoms. The Balaban J connectivity index is 2.06. The van der Waals surface area contributed by atoms with Gasteiger partial charge >= 0.3 is 0 Å². The fourth-order valence-corrected chi connectivity index (χ4v) is 2.74. The van der Waals surface area contributed by atoms with Crippen LogP contribution in [-0.4, -0.2) is 36.0 Å². The van der Waals surface area contributed by atoms with Crippen LogP contribution >= 0.6 is 0 Å². The van der Waals surface area contributed by atoms with Crippen LogP contribution in [0, 0.1) is 5.92 Å². The van der Waals surface area contributed by atoms with Crippen LogP contribution in [0.25, 0.3) is 0 Å². The predicted octanol–water partition coefficient (Wildman–Crippen LogP) is 1.33. The fourth-order valence-electron chi connectivity index (χ4n) is 2.74. The van der Waals surface area contributed by atoms with Crippen molar-refractivity contribution in [2.75, 3.05) is 13.1 Å². The highest BCUT2D eigenvalue weighted by molar-refractivity contribution is 5.83. The van der Waals surface area contributed by atoms with E-state index in [2.05, 4.69) is 18.5 Å². The molecule has 0 aromatic rings. The van der Waals surface area contributed by atoms with E-state index in [-0.39, 0.29) is 18.0 Å². The Bertz CT molecular complexity index is 272. The first-order chi connectivity index (χ1) is 7.77. The van der Waals surface area contributed by atoms with Gasteiger partial charge in [0.05, 0.1) is 6.04 Å². The summed E-state index contributed by atoms with van der Waals surface area (Å²) in [5.74, 6) is 0.517. The third-order valence-corrected chi connectivity index (χ3v) is 3.69. The second-order valence-electron chi connectivity index (χ2n) is 4.60. The summed E-state index contributed by atoms with van der Waals surface area (Å²) >= 11 is 0. The van der Waals surface area contributed by atoms with Gasteiger partial charge in [-0.05, 0) is 25.8 Å². The fraction of sp³-hybridized carbons (Fsp3) is 0.615. The van der Waals surface area contributed by atoms with Crippen molar-refractivity contribution in [3.63, 3.8) is 0 Å². The lowest BCUT2D eigenvalue weighted by molar-refractivity contribution is -0.133. The lowest BCUT2D eigenvalue weighted by Crippen LogP contribution is -2.47. The van der Waals surface area contributed by atoms with Crippen LogP contribution in [0.5, 0.6) is 0 Å². The van der Waals surface area contributed by atoms with Crippen molar-refractivity contribution in [3.8, 4) is 0 Å². The highest BCUT2D eigenvalue weighted by atomic mass is 16.2. The molecule has 2 saturated heterocycles. The summed E-state index contributed by atoms with van der Waals surface area (Å²) in [6.07, 6.45) is 6.96. The highest BCUT2D eigenvalue weighted by Crippen LogP contribution is 2.24. The minimum Gasteiger partial charge on any atom is -0.335 e. The van der Waals surface area contributed by atoms with Gasteiger partial charge in [-0.2, -0.15) is 0 Å². The minimum atomic E-state index is -0.0574. The largest absolute Gasteiger partial charge is 0.335 e. The van der Waals surface area contributed by atoms with E-state index in [0.717, 1.165) is 32.4 Å². The molecule has 3 heteroatoms. The van der Waals surface area contributed by atoms with Crippen LogP contribution in [0.1, 0.15) is 19.3 Å². The van der Waals surface area contributed by atoms with Crippen molar-refractivity contribution in [1.82, 2.24) is 10.2 Å². The molecule has 0 radical (unpaired) electrons. The first-order valence-corrected chi connectivity index (χ1v) is 6.07. The van der Waals surface area contributed by atoms with E-state index in [1.807, 2.05) is 17.1 Å². The smallest absolute Gasteiger partial charge is 0.240 e. The molecule has 3 atom stereocenters. The first-order valence-electron chi connectivity index (χ1n) is 6.07. The molecular formula is C13H20N2O. The van der Waals surface area contributed by atoms with Gasteiger partial charge in [-0.25, -0.2) is 0 Å². The standard InChI is InChI=1S/C13H20N2O/c1-3-10-7-8-14-12(10)13(16)15-9-5-6-11(15)4-2/h3-4,10-12,14H,1-2,5-9H2/t10?,11?,12-/m0/s1. The van der Waals surface area contributed by atoms with Crippen molar-refractivity contribution in [2.24, 2.45) is 5.92 Å². The second-order valence-corrected chi connectivity index (χ2v) is 4.60. The third-order valence-electron chi connectivity index (χ3n) is 3.69.